The lowest BCUT2D eigenvalue weighted by molar-refractivity contribution is 0.132. The van der Waals surface area contributed by atoms with Gasteiger partial charge in [-0.25, -0.2) is 28.7 Å². The molecule has 2 N–H and O–H groups in total. The lowest BCUT2D eigenvalue weighted by Gasteiger charge is -2.33. The van der Waals surface area contributed by atoms with E-state index in [9.17, 15) is 9.50 Å². The number of aliphatic hydroxyl groups excluding tert-OH is 1. The molecule has 0 saturated carbocycles. The summed E-state index contributed by atoms with van der Waals surface area (Å²) >= 11 is 0. The van der Waals surface area contributed by atoms with Crippen LogP contribution in [0.2, 0.25) is 0 Å². The van der Waals surface area contributed by atoms with Crippen molar-refractivity contribution in [2.24, 2.45) is 0 Å². The Hall–Kier alpha value is -3.54. The lowest BCUT2D eigenvalue weighted by atomic mass is 10.0. The van der Waals surface area contributed by atoms with E-state index in [1.807, 2.05) is 13.8 Å². The number of nitrogens with one attached hydrogen (secondary N) is 1. The number of nitrogens with zero attached hydrogens (tertiary/aromatic N) is 7. The fourth-order valence-corrected chi connectivity index (χ4v) is 4.91. The largest absolute Gasteiger partial charge is 0.388 e. The van der Waals surface area contributed by atoms with Crippen molar-refractivity contribution >= 4 is 22.8 Å². The number of aliphatic hydroxyl groups is 1. The number of likely N-dealkylation sites (N-methyl/N-ethyl adjacent to an activating group) is 1. The summed E-state index contributed by atoms with van der Waals surface area (Å²) in [6, 6.07) is 4.36. The van der Waals surface area contributed by atoms with Crippen molar-refractivity contribution < 1.29 is 13.9 Å². The number of halogens is 2. The average Bonchev–Trinajstić information content (AvgIpc) is 3.31. The van der Waals surface area contributed by atoms with Crippen LogP contribution >= 0.6 is 0 Å². The molecule has 0 bridgehead atoms. The topological polar surface area (TPSA) is 95.2 Å². The van der Waals surface area contributed by atoms with Crippen LogP contribution in [0.15, 0.2) is 36.8 Å². The number of hydrogen-bond donors (Lipinski definition) is 2. The maximum Gasteiger partial charge on any atom is 0.228 e. The molecule has 0 unspecified atom stereocenters. The third kappa shape index (κ3) is 5.35. The zero-order valence-electron chi connectivity index (χ0n) is 21.8. The van der Waals surface area contributed by atoms with Crippen LogP contribution in [0.5, 0.6) is 0 Å². The summed E-state index contributed by atoms with van der Waals surface area (Å²) in [4.78, 5) is 22.0. The smallest absolute Gasteiger partial charge is 0.228 e. The number of piperazine rings is 1. The fraction of sp³-hybridized carbons (Fsp3) is 0.407. The molecule has 0 amide bonds. The highest BCUT2D eigenvalue weighted by molar-refractivity contribution is 5.84. The Labute approximate surface area is 220 Å². The molecule has 4 heterocycles. The normalized spacial score (nSPS) is 15.0. The minimum Gasteiger partial charge on any atom is -0.388 e. The predicted molar refractivity (Wildman–Crippen MR) is 142 cm³/mol. The van der Waals surface area contributed by atoms with Gasteiger partial charge in [-0.2, -0.15) is 0 Å². The second kappa shape index (κ2) is 11.1. The minimum atomic E-state index is -0.591. The van der Waals surface area contributed by atoms with E-state index in [4.69, 9.17) is 0 Å². The SMILES string of the molecule is CCN1CCN(Cc2cnc(Nc3cc(-c4cc(F)c5nc(CO)n(C(C)C)c5c4)c(F)cn3)nc2)CC1. The summed E-state index contributed by atoms with van der Waals surface area (Å²) in [6.07, 6.45) is 4.64. The summed E-state index contributed by atoms with van der Waals surface area (Å²) in [5.41, 5.74) is 2.15. The second-order valence-electron chi connectivity index (χ2n) is 9.78. The average molecular weight is 523 g/mol. The predicted octanol–water partition coefficient (Wildman–Crippen LogP) is 4.12. The number of aromatic nitrogens is 5. The molecule has 1 aromatic carbocycles. The maximum absolute atomic E-state index is 15.0. The highest BCUT2D eigenvalue weighted by atomic mass is 19.1. The van der Waals surface area contributed by atoms with Gasteiger partial charge in [0.1, 0.15) is 29.6 Å². The lowest BCUT2D eigenvalue weighted by Crippen LogP contribution is -2.45. The molecule has 200 valence electrons. The van der Waals surface area contributed by atoms with Crippen molar-refractivity contribution in [2.75, 3.05) is 38.0 Å². The monoisotopic (exact) mass is 522 g/mol. The van der Waals surface area contributed by atoms with Crippen LogP contribution in [0.4, 0.5) is 20.5 Å². The summed E-state index contributed by atoms with van der Waals surface area (Å²) in [7, 11) is 0. The molecule has 1 fully saturated rings. The van der Waals surface area contributed by atoms with E-state index in [1.165, 1.54) is 12.1 Å². The third-order valence-corrected chi connectivity index (χ3v) is 6.91. The van der Waals surface area contributed by atoms with Crippen molar-refractivity contribution in [1.82, 2.24) is 34.3 Å². The summed E-state index contributed by atoms with van der Waals surface area (Å²) in [6.45, 7) is 11.7. The number of pyridine rings is 1. The molecule has 3 aromatic heterocycles. The van der Waals surface area contributed by atoms with Crippen LogP contribution < -0.4 is 5.32 Å². The molecular formula is C27H32F2N8O. The molecule has 0 aliphatic carbocycles. The molecule has 1 aliphatic heterocycles. The molecule has 1 saturated heterocycles. The van der Waals surface area contributed by atoms with E-state index in [2.05, 4.69) is 42.0 Å². The molecule has 1 aliphatic rings. The maximum atomic E-state index is 15.0. The number of fused-ring (bicyclic) bond motifs is 1. The van der Waals surface area contributed by atoms with Gasteiger partial charge < -0.3 is 19.9 Å². The number of imidazole rings is 1. The van der Waals surface area contributed by atoms with Gasteiger partial charge in [-0.3, -0.25) is 4.90 Å². The minimum absolute atomic E-state index is 0.0719. The van der Waals surface area contributed by atoms with E-state index in [0.29, 0.717) is 28.7 Å². The third-order valence-electron chi connectivity index (χ3n) is 6.91. The van der Waals surface area contributed by atoms with E-state index in [-0.39, 0.29) is 23.7 Å². The van der Waals surface area contributed by atoms with Gasteiger partial charge in [-0.1, -0.05) is 6.92 Å². The van der Waals surface area contributed by atoms with Gasteiger partial charge in [0.2, 0.25) is 5.95 Å². The van der Waals surface area contributed by atoms with Crippen LogP contribution in [0.3, 0.4) is 0 Å². The molecule has 0 atom stereocenters. The summed E-state index contributed by atoms with van der Waals surface area (Å²) in [5.74, 6) is -0.160. The number of anilines is 2. The molecule has 11 heteroatoms. The molecule has 0 radical (unpaired) electrons. The molecule has 4 aromatic rings. The first-order valence-corrected chi connectivity index (χ1v) is 12.9. The van der Waals surface area contributed by atoms with Crippen LogP contribution in [0.1, 0.15) is 38.2 Å². The number of rotatable bonds is 8. The van der Waals surface area contributed by atoms with E-state index in [1.54, 1.807) is 23.0 Å². The Morgan fingerprint density at radius 1 is 0.947 bits per heavy atom. The first-order chi connectivity index (χ1) is 18.4. The van der Waals surface area contributed by atoms with Crippen LogP contribution in [0.25, 0.3) is 22.2 Å². The van der Waals surface area contributed by atoms with E-state index in [0.717, 1.165) is 51.0 Å². The Morgan fingerprint density at radius 2 is 1.66 bits per heavy atom. The Morgan fingerprint density at radius 3 is 2.32 bits per heavy atom. The van der Waals surface area contributed by atoms with Crippen LogP contribution in [-0.4, -0.2) is 72.1 Å². The van der Waals surface area contributed by atoms with Gasteiger partial charge >= 0.3 is 0 Å². The number of hydrogen-bond acceptors (Lipinski definition) is 8. The van der Waals surface area contributed by atoms with Crippen molar-refractivity contribution in [1.29, 1.82) is 0 Å². The van der Waals surface area contributed by atoms with Gasteiger partial charge in [-0.15, -0.1) is 0 Å². The number of benzene rings is 1. The van der Waals surface area contributed by atoms with Gasteiger partial charge in [0.05, 0.1) is 11.7 Å². The molecule has 9 nitrogen and oxygen atoms in total. The standard InChI is InChI=1S/C27H32F2N8O/c1-4-35-5-7-36(8-6-35)15-18-12-31-27(32-13-18)33-24-11-20(22(29)14-30-24)19-9-21(28)26-23(10-19)37(17(2)3)25(16-38)34-26/h9-14,17,38H,4-8,15-16H2,1-3H3,(H,30,31,32,33). The van der Waals surface area contributed by atoms with Crippen molar-refractivity contribution in [2.45, 2.75) is 40.0 Å². The fourth-order valence-electron chi connectivity index (χ4n) is 4.91. The first-order valence-electron chi connectivity index (χ1n) is 12.9. The zero-order chi connectivity index (χ0) is 26.8. The second-order valence-corrected chi connectivity index (χ2v) is 9.78. The highest BCUT2D eigenvalue weighted by Crippen LogP contribution is 2.32. The quantitative estimate of drug-likeness (QED) is 0.357. The molecule has 0 spiro atoms. The van der Waals surface area contributed by atoms with Gasteiger partial charge in [-0.05, 0) is 44.2 Å². The van der Waals surface area contributed by atoms with Gasteiger partial charge in [0.15, 0.2) is 5.82 Å². The van der Waals surface area contributed by atoms with Crippen molar-refractivity contribution in [3.05, 3.63) is 59.8 Å². The van der Waals surface area contributed by atoms with Crippen LogP contribution in [-0.2, 0) is 13.2 Å². The van der Waals surface area contributed by atoms with Gasteiger partial charge in [0, 0.05) is 62.3 Å². The molecule has 5 rings (SSSR count). The van der Waals surface area contributed by atoms with Crippen LogP contribution in [0, 0.1) is 11.6 Å². The van der Waals surface area contributed by atoms with Crippen molar-refractivity contribution in [3.63, 3.8) is 0 Å². The first kappa shape index (κ1) is 26.1. The van der Waals surface area contributed by atoms with Gasteiger partial charge in [0.25, 0.3) is 0 Å². The van der Waals surface area contributed by atoms with Crippen molar-refractivity contribution in [3.8, 4) is 11.1 Å². The summed E-state index contributed by atoms with van der Waals surface area (Å²) in [5, 5.41) is 12.7. The summed E-state index contributed by atoms with van der Waals surface area (Å²) < 4.78 is 31.6. The zero-order valence-corrected chi connectivity index (χ0v) is 21.8. The Bertz CT molecular complexity index is 1420. The Balaban J connectivity index is 1.36. The molecular weight excluding hydrogens is 490 g/mol. The molecule has 38 heavy (non-hydrogen) atoms. The van der Waals surface area contributed by atoms with E-state index < -0.39 is 11.6 Å². The highest BCUT2D eigenvalue weighted by Gasteiger charge is 2.19. The van der Waals surface area contributed by atoms with E-state index >= 15 is 4.39 Å². The Kier molecular flexibility index (Phi) is 7.59.